The van der Waals surface area contributed by atoms with Crippen LogP contribution in [-0.2, 0) is 16.1 Å². The van der Waals surface area contributed by atoms with Gasteiger partial charge in [-0.25, -0.2) is 0 Å². The van der Waals surface area contributed by atoms with Crippen LogP contribution in [0.15, 0.2) is 22.7 Å². The van der Waals surface area contributed by atoms with Gasteiger partial charge in [0.1, 0.15) is 12.4 Å². The van der Waals surface area contributed by atoms with Crippen molar-refractivity contribution in [2.24, 2.45) is 0 Å². The Morgan fingerprint density at radius 2 is 2.04 bits per heavy atom. The third-order valence-electron chi connectivity index (χ3n) is 3.72. The predicted octanol–water partition coefficient (Wildman–Crippen LogP) is 4.02. The van der Waals surface area contributed by atoms with E-state index in [2.05, 4.69) is 26.0 Å². The fourth-order valence-electron chi connectivity index (χ4n) is 2.57. The van der Waals surface area contributed by atoms with Gasteiger partial charge in [-0.2, -0.15) is 8.78 Å². The average molecular weight is 392 g/mol. The largest absolute Gasteiger partial charge is 0.434 e. The van der Waals surface area contributed by atoms with Gasteiger partial charge >= 0.3 is 6.61 Å². The van der Waals surface area contributed by atoms with Crippen LogP contribution in [0.2, 0.25) is 0 Å². The van der Waals surface area contributed by atoms with Crippen molar-refractivity contribution in [1.82, 2.24) is 5.32 Å². The van der Waals surface area contributed by atoms with E-state index in [0.717, 1.165) is 30.2 Å². The summed E-state index contributed by atoms with van der Waals surface area (Å²) >= 11 is 3.27. The molecule has 1 aromatic carbocycles. The molecule has 1 aliphatic rings. The molecule has 1 aliphatic carbocycles. The molecule has 0 radical (unpaired) electrons. The smallest absolute Gasteiger partial charge is 0.387 e. The lowest BCUT2D eigenvalue weighted by atomic mass is 9.98. The number of amides is 1. The number of hydrogen-bond donors (Lipinski definition) is 1. The quantitative estimate of drug-likeness (QED) is 0.763. The first-order valence-corrected chi connectivity index (χ1v) is 8.45. The Hall–Kier alpha value is -1.21. The Kier molecular flexibility index (Phi) is 7.23. The molecule has 0 bridgehead atoms. The van der Waals surface area contributed by atoms with Crippen molar-refractivity contribution in [2.45, 2.75) is 51.4 Å². The van der Waals surface area contributed by atoms with Crippen molar-refractivity contribution in [3.05, 3.63) is 28.2 Å². The van der Waals surface area contributed by atoms with Crippen LogP contribution in [0.3, 0.4) is 0 Å². The number of carbonyl (C=O) groups excluding carboxylic acids is 1. The lowest BCUT2D eigenvalue weighted by Crippen LogP contribution is -2.30. The number of nitrogens with one attached hydrogen (secondary N) is 1. The van der Waals surface area contributed by atoms with Gasteiger partial charge in [-0.3, -0.25) is 4.79 Å². The van der Waals surface area contributed by atoms with E-state index in [1.807, 2.05) is 0 Å². The Bertz CT molecular complexity index is 522. The van der Waals surface area contributed by atoms with E-state index in [1.54, 1.807) is 12.1 Å². The van der Waals surface area contributed by atoms with Crippen molar-refractivity contribution >= 4 is 21.8 Å². The second kappa shape index (κ2) is 9.17. The molecule has 1 saturated carbocycles. The number of carbonyl (C=O) groups is 1. The fraction of sp³-hybridized carbons (Fsp3) is 0.562. The average Bonchev–Trinajstić information content (AvgIpc) is 2.53. The molecule has 0 aromatic heterocycles. The molecule has 0 aliphatic heterocycles. The first-order chi connectivity index (χ1) is 11.0. The van der Waals surface area contributed by atoms with Crippen molar-refractivity contribution in [2.75, 3.05) is 6.61 Å². The van der Waals surface area contributed by atoms with Crippen molar-refractivity contribution in [3.8, 4) is 5.75 Å². The van der Waals surface area contributed by atoms with Gasteiger partial charge in [-0.1, -0.05) is 35.2 Å². The van der Waals surface area contributed by atoms with Crippen LogP contribution in [0.1, 0.15) is 37.7 Å². The van der Waals surface area contributed by atoms with E-state index in [1.165, 1.54) is 12.5 Å². The molecule has 1 N–H and O–H groups in total. The molecule has 128 valence electrons. The zero-order chi connectivity index (χ0) is 16.7. The zero-order valence-corrected chi connectivity index (χ0v) is 14.3. The molecule has 7 heteroatoms. The molecule has 23 heavy (non-hydrogen) atoms. The summed E-state index contributed by atoms with van der Waals surface area (Å²) < 4.78 is 35.5. The SMILES string of the molecule is O=C(COC1CCCCC1)NCc1cc(Br)ccc1OC(F)F. The minimum Gasteiger partial charge on any atom is -0.434 e. The van der Waals surface area contributed by atoms with E-state index in [0.29, 0.717) is 5.56 Å². The first-order valence-electron chi connectivity index (χ1n) is 7.66. The summed E-state index contributed by atoms with van der Waals surface area (Å²) in [5.74, 6) is -0.213. The molecule has 2 rings (SSSR count). The van der Waals surface area contributed by atoms with Crippen LogP contribution < -0.4 is 10.1 Å². The second-order valence-corrected chi connectivity index (χ2v) is 6.39. The molecular formula is C16H20BrF2NO3. The molecule has 1 aromatic rings. The minimum absolute atomic E-state index is 0.0102. The van der Waals surface area contributed by atoms with E-state index in [4.69, 9.17) is 4.74 Å². The Morgan fingerprint density at radius 3 is 2.74 bits per heavy atom. The molecule has 4 nitrogen and oxygen atoms in total. The van der Waals surface area contributed by atoms with E-state index >= 15 is 0 Å². The predicted molar refractivity (Wildman–Crippen MR) is 85.4 cm³/mol. The van der Waals surface area contributed by atoms with Crippen LogP contribution in [0.25, 0.3) is 0 Å². The maximum absolute atomic E-state index is 12.4. The summed E-state index contributed by atoms with van der Waals surface area (Å²) in [5, 5.41) is 2.67. The number of alkyl halides is 2. The molecule has 0 saturated heterocycles. The maximum Gasteiger partial charge on any atom is 0.387 e. The third-order valence-corrected chi connectivity index (χ3v) is 4.21. The highest BCUT2D eigenvalue weighted by Gasteiger charge is 2.16. The van der Waals surface area contributed by atoms with Crippen molar-refractivity contribution < 1.29 is 23.0 Å². The topological polar surface area (TPSA) is 47.6 Å². The Labute approximate surface area is 142 Å². The van der Waals surface area contributed by atoms with Gasteiger partial charge in [0, 0.05) is 16.6 Å². The Balaban J connectivity index is 1.82. The zero-order valence-electron chi connectivity index (χ0n) is 12.7. The first kappa shape index (κ1) is 18.1. The van der Waals surface area contributed by atoms with Crippen molar-refractivity contribution in [3.63, 3.8) is 0 Å². The molecular weight excluding hydrogens is 372 g/mol. The molecule has 0 atom stereocenters. The van der Waals surface area contributed by atoms with Crippen LogP contribution in [0.4, 0.5) is 8.78 Å². The van der Waals surface area contributed by atoms with Gasteiger partial charge in [0.05, 0.1) is 6.10 Å². The molecule has 1 fully saturated rings. The standard InChI is InChI=1S/C16H20BrF2NO3/c17-12-6-7-14(23-16(18)19)11(8-12)9-20-15(21)10-22-13-4-2-1-3-5-13/h6-8,13,16H,1-5,9-10H2,(H,20,21). The summed E-state index contributed by atoms with van der Waals surface area (Å²) in [6.07, 6.45) is 5.63. The fourth-order valence-corrected chi connectivity index (χ4v) is 2.98. The molecule has 1 amide bonds. The number of rotatable bonds is 7. The summed E-state index contributed by atoms with van der Waals surface area (Å²) in [7, 11) is 0. The van der Waals surface area contributed by atoms with Gasteiger partial charge in [0.2, 0.25) is 5.91 Å². The van der Waals surface area contributed by atoms with Crippen LogP contribution in [0, 0.1) is 0 Å². The molecule has 0 unspecified atom stereocenters. The highest BCUT2D eigenvalue weighted by molar-refractivity contribution is 9.10. The highest BCUT2D eigenvalue weighted by Crippen LogP contribution is 2.25. The highest BCUT2D eigenvalue weighted by atomic mass is 79.9. The van der Waals surface area contributed by atoms with E-state index in [-0.39, 0.29) is 30.9 Å². The monoisotopic (exact) mass is 391 g/mol. The van der Waals surface area contributed by atoms with Gasteiger partial charge in [-0.15, -0.1) is 0 Å². The van der Waals surface area contributed by atoms with Crippen LogP contribution in [0.5, 0.6) is 5.75 Å². The van der Waals surface area contributed by atoms with Crippen LogP contribution in [-0.4, -0.2) is 25.2 Å². The minimum atomic E-state index is -2.90. The second-order valence-electron chi connectivity index (χ2n) is 5.48. The summed E-state index contributed by atoms with van der Waals surface area (Å²) in [5.41, 5.74) is 0.477. The Morgan fingerprint density at radius 1 is 1.30 bits per heavy atom. The van der Waals surface area contributed by atoms with E-state index in [9.17, 15) is 13.6 Å². The summed E-state index contributed by atoms with van der Waals surface area (Å²) in [4.78, 5) is 11.8. The summed E-state index contributed by atoms with van der Waals surface area (Å²) in [6.45, 7) is -2.81. The number of benzene rings is 1. The normalized spacial score (nSPS) is 15.7. The van der Waals surface area contributed by atoms with Gasteiger partial charge in [0.25, 0.3) is 0 Å². The number of hydrogen-bond acceptors (Lipinski definition) is 3. The van der Waals surface area contributed by atoms with Crippen molar-refractivity contribution in [1.29, 1.82) is 0 Å². The lowest BCUT2D eigenvalue weighted by molar-refractivity contribution is -0.128. The molecule has 0 heterocycles. The lowest BCUT2D eigenvalue weighted by Gasteiger charge is -2.21. The number of halogens is 3. The van der Waals surface area contributed by atoms with Gasteiger partial charge in [0.15, 0.2) is 0 Å². The summed E-state index contributed by atoms with van der Waals surface area (Å²) in [6, 6.07) is 4.69. The maximum atomic E-state index is 12.4. The third kappa shape index (κ3) is 6.43. The van der Waals surface area contributed by atoms with Crippen LogP contribution >= 0.6 is 15.9 Å². The van der Waals surface area contributed by atoms with Gasteiger partial charge < -0.3 is 14.8 Å². The number of ether oxygens (including phenoxy) is 2. The van der Waals surface area contributed by atoms with Gasteiger partial charge in [-0.05, 0) is 31.0 Å². The van der Waals surface area contributed by atoms with E-state index < -0.39 is 6.61 Å². The molecule has 0 spiro atoms.